The van der Waals surface area contributed by atoms with Gasteiger partial charge in [0.2, 0.25) is 0 Å². The number of benzene rings is 1. The van der Waals surface area contributed by atoms with Gasteiger partial charge in [0.15, 0.2) is 11.7 Å². The predicted molar refractivity (Wildman–Crippen MR) is 54.2 cm³/mol. The van der Waals surface area contributed by atoms with Crippen molar-refractivity contribution in [2.75, 3.05) is 0 Å². The van der Waals surface area contributed by atoms with Gasteiger partial charge in [0.1, 0.15) is 0 Å². The lowest BCUT2D eigenvalue weighted by molar-refractivity contribution is -0.146. The summed E-state index contributed by atoms with van der Waals surface area (Å²) in [6.07, 6.45) is -1.46. The van der Waals surface area contributed by atoms with Crippen LogP contribution in [0.25, 0.3) is 11.1 Å². The molecule has 6 nitrogen and oxygen atoms in total. The number of carboxylic acids is 1. The Morgan fingerprint density at radius 3 is 2.94 bits per heavy atom. The molecule has 0 saturated heterocycles. The molecule has 0 fully saturated rings. The number of nitrogens with one attached hydrogen (secondary N) is 1. The summed E-state index contributed by atoms with van der Waals surface area (Å²) in [7, 11) is 0. The molecule has 0 aliphatic carbocycles. The highest BCUT2D eigenvalue weighted by molar-refractivity contribution is 5.74. The number of fused-ring (bicyclic) bond motifs is 1. The van der Waals surface area contributed by atoms with Crippen LogP contribution in [-0.4, -0.2) is 27.3 Å². The lowest BCUT2D eigenvalue weighted by atomic mass is 10.1. The highest BCUT2D eigenvalue weighted by Crippen LogP contribution is 2.13. The standard InChI is InChI=1S/C10H9NO5/c12-7(9(13)14)4-5-1-2-8-6(3-5)11-10(15)16-8/h1-3,7,12H,4H2,(H,11,15)(H,13,14). The van der Waals surface area contributed by atoms with Crippen molar-refractivity contribution in [1.29, 1.82) is 0 Å². The molecule has 1 aromatic heterocycles. The van der Waals surface area contributed by atoms with Gasteiger partial charge in [-0.25, -0.2) is 9.59 Å². The van der Waals surface area contributed by atoms with Crippen molar-refractivity contribution in [2.24, 2.45) is 0 Å². The van der Waals surface area contributed by atoms with Gasteiger partial charge in [-0.15, -0.1) is 0 Å². The Morgan fingerprint density at radius 1 is 1.50 bits per heavy atom. The van der Waals surface area contributed by atoms with E-state index in [4.69, 9.17) is 14.6 Å². The molecule has 2 aromatic rings. The maximum absolute atomic E-state index is 10.9. The molecule has 1 unspecified atom stereocenters. The molecule has 2 rings (SSSR count). The smallest absolute Gasteiger partial charge is 0.417 e. The van der Waals surface area contributed by atoms with Crippen LogP contribution >= 0.6 is 0 Å². The molecule has 0 amide bonds. The van der Waals surface area contributed by atoms with Crippen LogP contribution in [0.5, 0.6) is 0 Å². The molecule has 0 saturated carbocycles. The first-order valence-corrected chi connectivity index (χ1v) is 4.59. The van der Waals surface area contributed by atoms with Gasteiger partial charge >= 0.3 is 11.7 Å². The molecule has 1 heterocycles. The third-order valence-electron chi connectivity index (χ3n) is 2.20. The van der Waals surface area contributed by atoms with E-state index in [2.05, 4.69) is 4.98 Å². The zero-order chi connectivity index (χ0) is 11.7. The molecule has 3 N–H and O–H groups in total. The number of carbonyl (C=O) groups is 1. The van der Waals surface area contributed by atoms with Crippen LogP contribution in [0.15, 0.2) is 27.4 Å². The number of aliphatic carboxylic acids is 1. The third-order valence-corrected chi connectivity index (χ3v) is 2.20. The molecular formula is C10H9NO5. The number of aliphatic hydroxyl groups excluding tert-OH is 1. The van der Waals surface area contributed by atoms with Crippen LogP contribution in [0.4, 0.5) is 0 Å². The monoisotopic (exact) mass is 223 g/mol. The highest BCUT2D eigenvalue weighted by Gasteiger charge is 2.14. The second-order valence-corrected chi connectivity index (χ2v) is 3.40. The first kappa shape index (κ1) is 10.4. The largest absolute Gasteiger partial charge is 0.479 e. The average Bonchev–Trinajstić information content (AvgIpc) is 2.57. The molecule has 1 atom stereocenters. The van der Waals surface area contributed by atoms with E-state index < -0.39 is 17.8 Å². The molecule has 0 spiro atoms. The molecule has 0 radical (unpaired) electrons. The second-order valence-electron chi connectivity index (χ2n) is 3.40. The molecular weight excluding hydrogens is 214 g/mol. The summed E-state index contributed by atoms with van der Waals surface area (Å²) in [5.41, 5.74) is 1.50. The van der Waals surface area contributed by atoms with E-state index in [0.29, 0.717) is 16.7 Å². The zero-order valence-electron chi connectivity index (χ0n) is 8.14. The summed E-state index contributed by atoms with van der Waals surface area (Å²) in [5, 5.41) is 17.7. The van der Waals surface area contributed by atoms with Crippen molar-refractivity contribution in [2.45, 2.75) is 12.5 Å². The Morgan fingerprint density at radius 2 is 2.25 bits per heavy atom. The van der Waals surface area contributed by atoms with Gasteiger partial charge < -0.3 is 14.6 Å². The number of aromatic nitrogens is 1. The number of carboxylic acid groups (broad SMARTS) is 1. The fourth-order valence-electron chi connectivity index (χ4n) is 1.44. The molecule has 0 aliphatic rings. The van der Waals surface area contributed by atoms with E-state index in [9.17, 15) is 9.59 Å². The molecule has 84 valence electrons. The van der Waals surface area contributed by atoms with Crippen LogP contribution in [0.1, 0.15) is 5.56 Å². The second kappa shape index (κ2) is 3.82. The fraction of sp³-hybridized carbons (Fsp3) is 0.200. The van der Waals surface area contributed by atoms with Crippen LogP contribution < -0.4 is 5.76 Å². The van der Waals surface area contributed by atoms with Crippen molar-refractivity contribution in [3.8, 4) is 0 Å². The Labute approximate surface area is 89.1 Å². The minimum Gasteiger partial charge on any atom is -0.479 e. The number of hydrogen-bond acceptors (Lipinski definition) is 4. The summed E-state index contributed by atoms with van der Waals surface area (Å²) in [5.74, 6) is -1.84. The number of H-pyrrole nitrogens is 1. The van der Waals surface area contributed by atoms with Gasteiger partial charge in [-0.2, -0.15) is 0 Å². The van der Waals surface area contributed by atoms with E-state index in [1.807, 2.05) is 0 Å². The lowest BCUT2D eigenvalue weighted by Gasteiger charge is -2.04. The van der Waals surface area contributed by atoms with Gasteiger partial charge in [-0.05, 0) is 17.7 Å². The molecule has 0 aliphatic heterocycles. The summed E-state index contributed by atoms with van der Waals surface area (Å²) in [6.45, 7) is 0. The van der Waals surface area contributed by atoms with Crippen LogP contribution in [0, 0.1) is 0 Å². The van der Waals surface area contributed by atoms with E-state index in [-0.39, 0.29) is 6.42 Å². The topological polar surface area (TPSA) is 104 Å². The Kier molecular flexibility index (Phi) is 2.49. The SMILES string of the molecule is O=C(O)C(O)Cc1ccc2oc(=O)[nH]c2c1. The van der Waals surface area contributed by atoms with Gasteiger partial charge in [0, 0.05) is 6.42 Å². The number of hydrogen-bond donors (Lipinski definition) is 3. The summed E-state index contributed by atoms with van der Waals surface area (Å²) >= 11 is 0. The lowest BCUT2D eigenvalue weighted by Crippen LogP contribution is -2.21. The zero-order valence-corrected chi connectivity index (χ0v) is 8.14. The number of aromatic amines is 1. The van der Waals surface area contributed by atoms with Crippen molar-refractivity contribution < 1.29 is 19.4 Å². The quantitative estimate of drug-likeness (QED) is 0.685. The average molecular weight is 223 g/mol. The molecule has 16 heavy (non-hydrogen) atoms. The van der Waals surface area contributed by atoms with Crippen molar-refractivity contribution in [3.05, 3.63) is 34.3 Å². The normalized spacial score (nSPS) is 12.8. The number of aliphatic hydroxyl groups is 1. The van der Waals surface area contributed by atoms with Gasteiger partial charge in [-0.3, -0.25) is 4.98 Å². The first-order valence-electron chi connectivity index (χ1n) is 4.59. The van der Waals surface area contributed by atoms with Gasteiger partial charge in [0.25, 0.3) is 0 Å². The van der Waals surface area contributed by atoms with E-state index >= 15 is 0 Å². The van der Waals surface area contributed by atoms with Crippen molar-refractivity contribution in [3.63, 3.8) is 0 Å². The Hall–Kier alpha value is -2.08. The van der Waals surface area contributed by atoms with Crippen molar-refractivity contribution >= 4 is 17.1 Å². The maximum Gasteiger partial charge on any atom is 0.417 e. The minimum atomic E-state index is -1.45. The van der Waals surface area contributed by atoms with Crippen LogP contribution in [0.2, 0.25) is 0 Å². The summed E-state index contributed by atoms with van der Waals surface area (Å²) in [4.78, 5) is 23.8. The third kappa shape index (κ3) is 1.96. The number of rotatable bonds is 3. The molecule has 0 bridgehead atoms. The number of oxazole rings is 1. The van der Waals surface area contributed by atoms with Crippen LogP contribution in [0.3, 0.4) is 0 Å². The molecule has 6 heteroatoms. The Balaban J connectivity index is 2.32. The maximum atomic E-state index is 10.9. The van der Waals surface area contributed by atoms with Crippen molar-refractivity contribution in [1.82, 2.24) is 4.98 Å². The van der Waals surface area contributed by atoms with E-state index in [1.54, 1.807) is 18.2 Å². The van der Waals surface area contributed by atoms with Gasteiger partial charge in [0.05, 0.1) is 5.52 Å². The highest BCUT2D eigenvalue weighted by atomic mass is 16.4. The fourth-order valence-corrected chi connectivity index (χ4v) is 1.44. The van der Waals surface area contributed by atoms with E-state index in [1.165, 1.54) is 0 Å². The Bertz CT molecular complexity index is 582. The van der Waals surface area contributed by atoms with Crippen LogP contribution in [-0.2, 0) is 11.2 Å². The predicted octanol–water partition coefficient (Wildman–Crippen LogP) is 0.109. The molecule has 1 aromatic carbocycles. The summed E-state index contributed by atoms with van der Waals surface area (Å²) in [6, 6.07) is 4.73. The van der Waals surface area contributed by atoms with E-state index in [0.717, 1.165) is 0 Å². The minimum absolute atomic E-state index is 0.0154. The first-order chi connectivity index (χ1) is 7.56. The summed E-state index contributed by atoms with van der Waals surface area (Å²) < 4.78 is 4.79. The van der Waals surface area contributed by atoms with Gasteiger partial charge in [-0.1, -0.05) is 6.07 Å².